The molecule has 2 aliphatic carbocycles. The highest BCUT2D eigenvalue weighted by Gasteiger charge is 2.43. The Balaban J connectivity index is 1.49. The first kappa shape index (κ1) is 17.9. The second-order valence-electron chi connectivity index (χ2n) is 8.08. The number of imidazole rings is 1. The van der Waals surface area contributed by atoms with Crippen LogP contribution in [0.4, 0.5) is 4.79 Å². The van der Waals surface area contributed by atoms with E-state index < -0.39 is 0 Å². The minimum absolute atomic E-state index is 0.137. The molecule has 0 spiro atoms. The highest BCUT2D eigenvalue weighted by atomic mass is 32.2. The van der Waals surface area contributed by atoms with Crippen molar-refractivity contribution in [2.75, 3.05) is 18.8 Å². The Bertz CT molecular complexity index is 731. The molecular weight excluding hydrogens is 348 g/mol. The monoisotopic (exact) mass is 376 g/mol. The molecule has 2 saturated carbocycles. The molecule has 1 aromatic rings. The third-order valence-corrected chi connectivity index (χ3v) is 7.59. The number of amides is 3. The van der Waals surface area contributed by atoms with Gasteiger partial charge in [-0.15, -0.1) is 0 Å². The van der Waals surface area contributed by atoms with Crippen LogP contribution in [0.25, 0.3) is 0 Å². The molecule has 3 fully saturated rings. The molecule has 6 nitrogen and oxygen atoms in total. The largest absolute Gasteiger partial charge is 0.336 e. The SMILES string of the molecule is Cc1nc(SCC(=O)N2CCNC2=O)n([C@@H](C)[C@H]2C[C@H]3CC[C@H]2C3)c1C. The molecule has 2 heterocycles. The maximum atomic E-state index is 12.4. The standard InChI is InChI=1S/C19H28N4O2S/c1-11-12(2)23(13(3)16-9-14-4-5-15(16)8-14)19(21-11)26-10-17(24)22-7-6-20-18(22)25/h13-16H,4-10H2,1-3H3,(H,20,25)/t13-,14-,15-,16+/m0/s1. The molecular formula is C19H28N4O2S. The van der Waals surface area contributed by atoms with Gasteiger partial charge in [0.05, 0.1) is 11.4 Å². The minimum Gasteiger partial charge on any atom is -0.336 e. The summed E-state index contributed by atoms with van der Waals surface area (Å²) in [6, 6.07) is 0.140. The van der Waals surface area contributed by atoms with Gasteiger partial charge >= 0.3 is 6.03 Å². The topological polar surface area (TPSA) is 67.2 Å². The third-order valence-electron chi connectivity index (χ3n) is 6.66. The molecule has 3 amide bonds. The molecule has 2 bridgehead atoms. The van der Waals surface area contributed by atoms with Gasteiger partial charge in [0.2, 0.25) is 5.91 Å². The number of nitrogens with one attached hydrogen (secondary N) is 1. The average Bonchev–Trinajstić information content (AvgIpc) is 3.38. The summed E-state index contributed by atoms with van der Waals surface area (Å²) in [5.74, 6) is 2.61. The number of hydrogen-bond donors (Lipinski definition) is 1. The summed E-state index contributed by atoms with van der Waals surface area (Å²) in [7, 11) is 0. The van der Waals surface area contributed by atoms with Gasteiger partial charge in [0.25, 0.3) is 0 Å². The number of urea groups is 1. The number of carbonyl (C=O) groups is 2. The predicted octanol–water partition coefficient (Wildman–Crippen LogP) is 3.14. The van der Waals surface area contributed by atoms with E-state index in [4.69, 9.17) is 4.98 Å². The normalized spacial score (nSPS) is 28.7. The van der Waals surface area contributed by atoms with Crippen LogP contribution in [-0.4, -0.2) is 45.2 Å². The van der Waals surface area contributed by atoms with E-state index in [0.717, 1.165) is 28.6 Å². The number of rotatable bonds is 5. The Hall–Kier alpha value is -1.50. The van der Waals surface area contributed by atoms with Crippen LogP contribution in [0.1, 0.15) is 50.0 Å². The zero-order valence-corrected chi connectivity index (χ0v) is 16.6. The first-order valence-electron chi connectivity index (χ1n) is 9.72. The van der Waals surface area contributed by atoms with Gasteiger partial charge in [-0.3, -0.25) is 9.69 Å². The van der Waals surface area contributed by atoms with Gasteiger partial charge in [0, 0.05) is 24.8 Å². The molecule has 0 radical (unpaired) electrons. The molecule has 26 heavy (non-hydrogen) atoms. The summed E-state index contributed by atoms with van der Waals surface area (Å²) >= 11 is 1.47. The molecule has 3 aliphatic rings. The number of aromatic nitrogens is 2. The van der Waals surface area contributed by atoms with Gasteiger partial charge in [-0.05, 0) is 57.8 Å². The molecule has 7 heteroatoms. The van der Waals surface area contributed by atoms with Crippen molar-refractivity contribution in [1.29, 1.82) is 0 Å². The molecule has 4 rings (SSSR count). The van der Waals surface area contributed by atoms with E-state index in [1.54, 1.807) is 0 Å². The zero-order valence-electron chi connectivity index (χ0n) is 15.8. The van der Waals surface area contributed by atoms with Crippen LogP contribution in [0.5, 0.6) is 0 Å². The van der Waals surface area contributed by atoms with Crippen LogP contribution in [0.2, 0.25) is 0 Å². The quantitative estimate of drug-likeness (QED) is 0.802. The molecule has 1 aromatic heterocycles. The zero-order chi connectivity index (χ0) is 18.4. The van der Waals surface area contributed by atoms with Gasteiger partial charge in [0.15, 0.2) is 5.16 Å². The van der Waals surface area contributed by atoms with Gasteiger partial charge in [-0.2, -0.15) is 0 Å². The van der Waals surface area contributed by atoms with E-state index in [9.17, 15) is 9.59 Å². The number of fused-ring (bicyclic) bond motifs is 2. The number of carbonyl (C=O) groups excluding carboxylic acids is 2. The number of aryl methyl sites for hydroxylation is 1. The molecule has 1 N–H and O–H groups in total. The van der Waals surface area contributed by atoms with Crippen LogP contribution in [-0.2, 0) is 4.79 Å². The van der Waals surface area contributed by atoms with Crippen LogP contribution < -0.4 is 5.32 Å². The van der Waals surface area contributed by atoms with E-state index in [0.29, 0.717) is 19.1 Å². The Morgan fingerprint density at radius 1 is 1.35 bits per heavy atom. The molecule has 1 aliphatic heterocycles. The third kappa shape index (κ3) is 3.04. The Morgan fingerprint density at radius 2 is 2.15 bits per heavy atom. The fourth-order valence-electron chi connectivity index (χ4n) is 5.17. The smallest absolute Gasteiger partial charge is 0.324 e. The Kier molecular flexibility index (Phi) is 4.75. The summed E-state index contributed by atoms with van der Waals surface area (Å²) < 4.78 is 2.35. The predicted molar refractivity (Wildman–Crippen MR) is 101 cm³/mol. The summed E-state index contributed by atoms with van der Waals surface area (Å²) in [6.07, 6.45) is 5.51. The second-order valence-corrected chi connectivity index (χ2v) is 9.02. The Labute approximate surface area is 159 Å². The van der Waals surface area contributed by atoms with Gasteiger partial charge in [0.1, 0.15) is 0 Å². The number of nitrogens with zero attached hydrogens (tertiary/aromatic N) is 3. The van der Waals surface area contributed by atoms with Crippen molar-refractivity contribution in [1.82, 2.24) is 19.8 Å². The first-order valence-corrected chi connectivity index (χ1v) is 10.7. The van der Waals surface area contributed by atoms with Gasteiger partial charge in [-0.1, -0.05) is 18.2 Å². The van der Waals surface area contributed by atoms with Gasteiger partial charge < -0.3 is 9.88 Å². The number of imide groups is 1. The maximum Gasteiger partial charge on any atom is 0.324 e. The van der Waals surface area contributed by atoms with Crippen LogP contribution in [0, 0.1) is 31.6 Å². The van der Waals surface area contributed by atoms with Crippen molar-refractivity contribution >= 4 is 23.7 Å². The van der Waals surface area contributed by atoms with E-state index in [-0.39, 0.29) is 17.7 Å². The molecule has 0 aromatic carbocycles. The Morgan fingerprint density at radius 3 is 2.77 bits per heavy atom. The van der Waals surface area contributed by atoms with Gasteiger partial charge in [-0.25, -0.2) is 9.78 Å². The van der Waals surface area contributed by atoms with Crippen molar-refractivity contribution in [3.63, 3.8) is 0 Å². The van der Waals surface area contributed by atoms with Crippen LogP contribution in [0.3, 0.4) is 0 Å². The van der Waals surface area contributed by atoms with Crippen molar-refractivity contribution < 1.29 is 9.59 Å². The lowest BCUT2D eigenvalue weighted by Gasteiger charge is -2.30. The lowest BCUT2D eigenvalue weighted by molar-refractivity contribution is -0.124. The van der Waals surface area contributed by atoms with Crippen molar-refractivity contribution in [3.8, 4) is 0 Å². The number of hydrogen-bond acceptors (Lipinski definition) is 4. The summed E-state index contributed by atoms with van der Waals surface area (Å²) in [4.78, 5) is 30.1. The van der Waals surface area contributed by atoms with E-state index >= 15 is 0 Å². The molecule has 0 unspecified atom stereocenters. The highest BCUT2D eigenvalue weighted by Crippen LogP contribution is 2.52. The van der Waals surface area contributed by atoms with E-state index in [2.05, 4.69) is 23.7 Å². The van der Waals surface area contributed by atoms with Crippen molar-refractivity contribution in [2.24, 2.45) is 17.8 Å². The first-order chi connectivity index (χ1) is 12.5. The second kappa shape index (κ2) is 6.91. The van der Waals surface area contributed by atoms with E-state index in [1.165, 1.54) is 48.0 Å². The number of thioether (sulfide) groups is 1. The fraction of sp³-hybridized carbons (Fsp3) is 0.737. The minimum atomic E-state index is -0.276. The lowest BCUT2D eigenvalue weighted by atomic mass is 9.84. The molecule has 4 atom stereocenters. The summed E-state index contributed by atoms with van der Waals surface area (Å²) in [5.41, 5.74) is 2.24. The molecule has 1 saturated heterocycles. The van der Waals surface area contributed by atoms with Crippen molar-refractivity contribution in [2.45, 2.75) is 57.7 Å². The van der Waals surface area contributed by atoms with E-state index in [1.807, 2.05) is 6.92 Å². The fourth-order valence-corrected chi connectivity index (χ4v) is 6.22. The maximum absolute atomic E-state index is 12.4. The van der Waals surface area contributed by atoms with Crippen molar-refractivity contribution in [3.05, 3.63) is 11.4 Å². The van der Waals surface area contributed by atoms with Crippen LogP contribution >= 0.6 is 11.8 Å². The lowest BCUT2D eigenvalue weighted by Crippen LogP contribution is -2.35. The average molecular weight is 377 g/mol. The summed E-state index contributed by atoms with van der Waals surface area (Å²) in [5, 5.41) is 3.60. The highest BCUT2D eigenvalue weighted by molar-refractivity contribution is 7.99. The molecule has 142 valence electrons. The van der Waals surface area contributed by atoms with Crippen LogP contribution in [0.15, 0.2) is 5.16 Å². The summed E-state index contributed by atoms with van der Waals surface area (Å²) in [6.45, 7) is 7.50.